The van der Waals surface area contributed by atoms with E-state index in [0.29, 0.717) is 25.5 Å². The maximum Gasteiger partial charge on any atom is 0.119 e. The summed E-state index contributed by atoms with van der Waals surface area (Å²) in [5.74, 6) is 0.729. The second-order valence-corrected chi connectivity index (χ2v) is 5.11. The van der Waals surface area contributed by atoms with Crippen LogP contribution in [-0.4, -0.2) is 41.5 Å². The largest absolute Gasteiger partial charge is 0.491 e. The van der Waals surface area contributed by atoms with Crippen molar-refractivity contribution in [2.24, 2.45) is 10.2 Å². The van der Waals surface area contributed by atoms with Crippen molar-refractivity contribution in [3.05, 3.63) is 54.9 Å². The fourth-order valence-corrected chi connectivity index (χ4v) is 2.12. The van der Waals surface area contributed by atoms with Crippen LogP contribution < -0.4 is 4.74 Å². The van der Waals surface area contributed by atoms with Gasteiger partial charge in [0.15, 0.2) is 0 Å². The Bertz CT molecular complexity index is 837. The van der Waals surface area contributed by atoms with E-state index in [1.807, 2.05) is 42.5 Å². The number of benzene rings is 2. The molecule has 0 amide bonds. The molecule has 25 heavy (non-hydrogen) atoms. The Kier molecular flexibility index (Phi) is 5.97. The molecule has 0 saturated carbocycles. The number of aliphatic hydroxyl groups is 1. The van der Waals surface area contributed by atoms with Crippen molar-refractivity contribution in [2.45, 2.75) is 0 Å². The van der Waals surface area contributed by atoms with Crippen molar-refractivity contribution in [3.8, 4) is 5.75 Å². The molecule has 0 aliphatic rings. The Morgan fingerprint density at radius 3 is 2.32 bits per heavy atom. The number of azo groups is 1. The summed E-state index contributed by atoms with van der Waals surface area (Å²) in [7, 11) is 0. The van der Waals surface area contributed by atoms with Gasteiger partial charge < -0.3 is 14.6 Å². The van der Waals surface area contributed by atoms with Crippen molar-refractivity contribution >= 4 is 22.4 Å². The molecule has 0 aliphatic heterocycles. The molecular formula is C18H18N4O3. The molecule has 3 rings (SSSR count). The van der Waals surface area contributed by atoms with Gasteiger partial charge in [-0.1, -0.05) is 0 Å². The van der Waals surface area contributed by atoms with E-state index >= 15 is 0 Å². The van der Waals surface area contributed by atoms with E-state index in [-0.39, 0.29) is 6.61 Å². The summed E-state index contributed by atoms with van der Waals surface area (Å²) in [5.41, 5.74) is 3.05. The predicted octanol–water partition coefficient (Wildman–Crippen LogP) is 3.43. The number of aromatic nitrogens is 2. The molecule has 3 aromatic rings. The van der Waals surface area contributed by atoms with Gasteiger partial charge in [0.25, 0.3) is 0 Å². The van der Waals surface area contributed by atoms with E-state index in [2.05, 4.69) is 20.2 Å². The topological polar surface area (TPSA) is 89.2 Å². The van der Waals surface area contributed by atoms with Crippen LogP contribution in [0.2, 0.25) is 0 Å². The summed E-state index contributed by atoms with van der Waals surface area (Å²) >= 11 is 0. The number of nitrogens with zero attached hydrogens (tertiary/aromatic N) is 4. The van der Waals surface area contributed by atoms with Gasteiger partial charge in [-0.05, 0) is 42.5 Å². The lowest BCUT2D eigenvalue weighted by Gasteiger charge is -2.06. The minimum atomic E-state index is 0.0173. The number of fused-ring (bicyclic) bond motifs is 1. The third-order valence-corrected chi connectivity index (χ3v) is 3.30. The van der Waals surface area contributed by atoms with Crippen molar-refractivity contribution in [3.63, 3.8) is 0 Å². The summed E-state index contributed by atoms with van der Waals surface area (Å²) in [6, 6.07) is 12.9. The highest BCUT2D eigenvalue weighted by Gasteiger charge is 1.98. The molecule has 0 atom stereocenters. The second-order valence-electron chi connectivity index (χ2n) is 5.11. The highest BCUT2D eigenvalue weighted by atomic mass is 16.5. The van der Waals surface area contributed by atoms with Crippen LogP contribution in [0, 0.1) is 0 Å². The first kappa shape index (κ1) is 16.9. The molecule has 7 heteroatoms. The molecule has 128 valence electrons. The van der Waals surface area contributed by atoms with Gasteiger partial charge in [0, 0.05) is 12.4 Å². The van der Waals surface area contributed by atoms with Gasteiger partial charge in [-0.3, -0.25) is 9.97 Å². The molecule has 0 radical (unpaired) electrons. The van der Waals surface area contributed by atoms with Crippen molar-refractivity contribution in [1.29, 1.82) is 0 Å². The van der Waals surface area contributed by atoms with Gasteiger partial charge in [-0.2, -0.15) is 10.2 Å². The SMILES string of the molecule is OCCOCCOc1ccc(N=Nc2ccc3nccnc3c2)cc1. The molecule has 2 aromatic carbocycles. The average Bonchev–Trinajstić information content (AvgIpc) is 2.67. The van der Waals surface area contributed by atoms with Crippen molar-refractivity contribution in [2.75, 3.05) is 26.4 Å². The summed E-state index contributed by atoms with van der Waals surface area (Å²) in [5, 5.41) is 17.0. The number of aliphatic hydroxyl groups excluding tert-OH is 1. The van der Waals surface area contributed by atoms with Crippen molar-refractivity contribution < 1.29 is 14.6 Å². The van der Waals surface area contributed by atoms with Crippen molar-refractivity contribution in [1.82, 2.24) is 9.97 Å². The van der Waals surface area contributed by atoms with Crippen LogP contribution in [0.5, 0.6) is 5.75 Å². The van der Waals surface area contributed by atoms with E-state index in [1.54, 1.807) is 12.4 Å². The van der Waals surface area contributed by atoms with Crippen LogP contribution in [0.3, 0.4) is 0 Å². The molecule has 7 nitrogen and oxygen atoms in total. The number of rotatable bonds is 8. The third-order valence-electron chi connectivity index (χ3n) is 3.30. The fraction of sp³-hybridized carbons (Fsp3) is 0.222. The summed E-state index contributed by atoms with van der Waals surface area (Å²) < 4.78 is 10.7. The normalized spacial score (nSPS) is 11.2. The van der Waals surface area contributed by atoms with E-state index in [9.17, 15) is 0 Å². The average molecular weight is 338 g/mol. The lowest BCUT2D eigenvalue weighted by Crippen LogP contribution is -2.08. The van der Waals surface area contributed by atoms with Gasteiger partial charge >= 0.3 is 0 Å². The molecule has 1 heterocycles. The van der Waals surface area contributed by atoms with E-state index < -0.39 is 0 Å². The van der Waals surface area contributed by atoms with E-state index in [0.717, 1.165) is 22.5 Å². The fourth-order valence-electron chi connectivity index (χ4n) is 2.12. The first-order valence-electron chi connectivity index (χ1n) is 7.89. The number of hydrogen-bond donors (Lipinski definition) is 1. The molecule has 1 N–H and O–H groups in total. The van der Waals surface area contributed by atoms with Crippen LogP contribution in [0.4, 0.5) is 11.4 Å². The Morgan fingerprint density at radius 1 is 0.800 bits per heavy atom. The Hall–Kier alpha value is -2.90. The van der Waals surface area contributed by atoms with Crippen LogP contribution in [0.1, 0.15) is 0 Å². The zero-order valence-electron chi connectivity index (χ0n) is 13.6. The first-order valence-corrected chi connectivity index (χ1v) is 7.89. The second kappa shape index (κ2) is 8.81. The zero-order valence-corrected chi connectivity index (χ0v) is 13.6. The van der Waals surface area contributed by atoms with E-state index in [1.165, 1.54) is 0 Å². The van der Waals surface area contributed by atoms with E-state index in [4.69, 9.17) is 14.6 Å². The zero-order chi connectivity index (χ0) is 17.3. The summed E-state index contributed by atoms with van der Waals surface area (Å²) in [6.45, 7) is 1.21. The quantitative estimate of drug-likeness (QED) is 0.502. The highest BCUT2D eigenvalue weighted by molar-refractivity contribution is 5.77. The number of ether oxygens (including phenoxy) is 2. The van der Waals surface area contributed by atoms with Gasteiger partial charge in [0.05, 0.1) is 42.2 Å². The van der Waals surface area contributed by atoms with Gasteiger partial charge in [-0.15, -0.1) is 0 Å². The Morgan fingerprint density at radius 2 is 1.52 bits per heavy atom. The maximum atomic E-state index is 8.61. The standard InChI is InChI=1S/C18H18N4O3/c23-9-10-24-11-12-25-16-4-1-14(2-5-16)21-22-15-3-6-17-18(13-15)20-8-7-19-17/h1-8,13,23H,9-12H2. The maximum absolute atomic E-state index is 8.61. The predicted molar refractivity (Wildman–Crippen MR) is 93.6 cm³/mol. The molecule has 0 fully saturated rings. The monoisotopic (exact) mass is 338 g/mol. The van der Waals surface area contributed by atoms with Crippen LogP contribution >= 0.6 is 0 Å². The van der Waals surface area contributed by atoms with Crippen LogP contribution in [-0.2, 0) is 4.74 Å². The molecule has 0 bridgehead atoms. The summed E-state index contributed by atoms with van der Waals surface area (Å²) in [6.07, 6.45) is 3.31. The van der Waals surface area contributed by atoms with Gasteiger partial charge in [-0.25, -0.2) is 0 Å². The molecule has 0 aliphatic carbocycles. The third kappa shape index (κ3) is 5.03. The molecule has 1 aromatic heterocycles. The smallest absolute Gasteiger partial charge is 0.119 e. The van der Waals surface area contributed by atoms with Crippen LogP contribution in [0.15, 0.2) is 65.1 Å². The Labute approximate surface area is 145 Å². The molecule has 0 saturated heterocycles. The highest BCUT2D eigenvalue weighted by Crippen LogP contribution is 2.23. The Balaban J connectivity index is 1.57. The molecule has 0 spiro atoms. The lowest BCUT2D eigenvalue weighted by molar-refractivity contribution is 0.0705. The van der Waals surface area contributed by atoms with Crippen LogP contribution in [0.25, 0.3) is 11.0 Å². The minimum absolute atomic E-state index is 0.0173. The lowest BCUT2D eigenvalue weighted by atomic mass is 10.3. The minimum Gasteiger partial charge on any atom is -0.491 e. The molecular weight excluding hydrogens is 320 g/mol. The summed E-state index contributed by atoms with van der Waals surface area (Å²) in [4.78, 5) is 8.47. The first-order chi connectivity index (χ1) is 12.3. The van der Waals surface area contributed by atoms with Gasteiger partial charge in [0.1, 0.15) is 12.4 Å². The van der Waals surface area contributed by atoms with Gasteiger partial charge in [0.2, 0.25) is 0 Å². The number of hydrogen-bond acceptors (Lipinski definition) is 7. The molecule has 0 unspecified atom stereocenters.